The molecule has 1 aromatic rings. The fourth-order valence-electron chi connectivity index (χ4n) is 1.93. The second kappa shape index (κ2) is 9.30. The first-order valence-electron chi connectivity index (χ1n) is 8.02. The van der Waals surface area contributed by atoms with Crippen molar-refractivity contribution in [1.29, 1.82) is 0 Å². The minimum atomic E-state index is -0.156. The minimum Gasteiger partial charge on any atom is -0.478 e. The number of thiazole rings is 1. The molecule has 1 fully saturated rings. The van der Waals surface area contributed by atoms with Crippen LogP contribution in [0.4, 0.5) is 0 Å². The number of amides is 1. The van der Waals surface area contributed by atoms with Gasteiger partial charge in [0.05, 0.1) is 12.7 Å². The van der Waals surface area contributed by atoms with Crippen LogP contribution in [0.1, 0.15) is 43.3 Å². The fraction of sp³-hybridized carbons (Fsp3) is 0.529. The molecule has 0 saturated carbocycles. The number of hydrogen-bond acceptors (Lipinski definition) is 6. The zero-order valence-corrected chi connectivity index (χ0v) is 15.1. The first-order chi connectivity index (χ1) is 11.6. The third-order valence-corrected chi connectivity index (χ3v) is 4.23. The summed E-state index contributed by atoms with van der Waals surface area (Å²) in [5.74, 6) is 6.56. The molecule has 1 N–H and O–H groups in total. The lowest BCUT2D eigenvalue weighted by molar-refractivity contribution is 0.0958. The van der Waals surface area contributed by atoms with Crippen LogP contribution in [0.2, 0.25) is 0 Å². The zero-order chi connectivity index (χ0) is 17.4. The summed E-state index contributed by atoms with van der Waals surface area (Å²) in [6, 6.07) is 0.424. The molecule has 2 rings (SSSR count). The first kappa shape index (κ1) is 18.3. The first-order valence-corrected chi connectivity index (χ1v) is 8.84. The standard InChI is InChI=1S/C17H23N3O3S/c1-4-5-6-7-8-18-16(21)15-9-19-17(24-15)22-11-14-10-20(12-23-14)13(2)3/h9,11,13H,4,7-8,10,12H2,1-3H3,(H,18,21). The monoisotopic (exact) mass is 349 g/mol. The number of aromatic nitrogens is 1. The number of nitrogens with zero attached hydrogens (tertiary/aromatic N) is 2. The molecule has 0 unspecified atom stereocenters. The molecule has 1 aliphatic heterocycles. The number of ether oxygens (including phenoxy) is 2. The van der Waals surface area contributed by atoms with Crippen molar-refractivity contribution in [2.45, 2.75) is 39.7 Å². The minimum absolute atomic E-state index is 0.156. The molecule has 0 aliphatic carbocycles. The molecule has 1 aromatic heterocycles. The van der Waals surface area contributed by atoms with E-state index in [1.165, 1.54) is 17.5 Å². The molecular formula is C17H23N3O3S. The van der Waals surface area contributed by atoms with Gasteiger partial charge < -0.3 is 14.8 Å². The van der Waals surface area contributed by atoms with Crippen molar-refractivity contribution in [3.63, 3.8) is 0 Å². The van der Waals surface area contributed by atoms with Crippen molar-refractivity contribution in [2.24, 2.45) is 0 Å². The Morgan fingerprint density at radius 3 is 3.12 bits per heavy atom. The second-order valence-electron chi connectivity index (χ2n) is 5.52. The average Bonchev–Trinajstić information content (AvgIpc) is 3.22. The Labute approximate surface area is 146 Å². The number of nitrogens with one attached hydrogen (secondary N) is 1. The van der Waals surface area contributed by atoms with Gasteiger partial charge in [0, 0.05) is 25.4 Å². The van der Waals surface area contributed by atoms with Gasteiger partial charge in [-0.15, -0.1) is 11.8 Å². The molecule has 0 bridgehead atoms. The Balaban J connectivity index is 1.79. The van der Waals surface area contributed by atoms with Gasteiger partial charge in [0.2, 0.25) is 0 Å². The lowest BCUT2D eigenvalue weighted by Gasteiger charge is -2.15. The van der Waals surface area contributed by atoms with Gasteiger partial charge in [0.25, 0.3) is 11.1 Å². The van der Waals surface area contributed by atoms with Crippen LogP contribution in [-0.4, -0.2) is 41.7 Å². The summed E-state index contributed by atoms with van der Waals surface area (Å²) in [5, 5.41) is 3.23. The fourth-order valence-corrected chi connectivity index (χ4v) is 2.59. The highest BCUT2D eigenvalue weighted by Gasteiger charge is 2.20. The second-order valence-corrected chi connectivity index (χ2v) is 6.51. The van der Waals surface area contributed by atoms with E-state index in [1.54, 1.807) is 6.26 Å². The van der Waals surface area contributed by atoms with E-state index in [-0.39, 0.29) is 5.91 Å². The van der Waals surface area contributed by atoms with Crippen molar-refractivity contribution in [1.82, 2.24) is 15.2 Å². The molecule has 6 nitrogen and oxygen atoms in total. The van der Waals surface area contributed by atoms with Gasteiger partial charge in [0.15, 0.2) is 0 Å². The van der Waals surface area contributed by atoms with Crippen LogP contribution in [0, 0.1) is 11.8 Å². The highest BCUT2D eigenvalue weighted by Crippen LogP contribution is 2.22. The molecule has 0 atom stereocenters. The van der Waals surface area contributed by atoms with Crippen LogP contribution in [0.5, 0.6) is 5.19 Å². The highest BCUT2D eigenvalue weighted by atomic mass is 32.1. The molecule has 7 heteroatoms. The molecule has 0 radical (unpaired) electrons. The van der Waals surface area contributed by atoms with Gasteiger partial charge in [-0.25, -0.2) is 4.98 Å². The van der Waals surface area contributed by atoms with Crippen LogP contribution < -0.4 is 10.1 Å². The molecular weight excluding hydrogens is 326 g/mol. The van der Waals surface area contributed by atoms with E-state index in [9.17, 15) is 4.79 Å². The van der Waals surface area contributed by atoms with Crippen LogP contribution >= 0.6 is 11.3 Å². The average molecular weight is 349 g/mol. The highest BCUT2D eigenvalue weighted by molar-refractivity contribution is 7.15. The molecule has 1 saturated heterocycles. The maximum Gasteiger partial charge on any atom is 0.278 e. The molecule has 1 amide bonds. The maximum absolute atomic E-state index is 12.0. The SMILES string of the molecule is CCC#CCCNC(=O)c1cnc(OC=C2CN(C(C)C)CO2)s1. The van der Waals surface area contributed by atoms with Crippen LogP contribution in [0.15, 0.2) is 18.2 Å². The molecule has 0 spiro atoms. The summed E-state index contributed by atoms with van der Waals surface area (Å²) >= 11 is 1.20. The summed E-state index contributed by atoms with van der Waals surface area (Å²) in [4.78, 5) is 18.8. The molecule has 2 heterocycles. The molecule has 24 heavy (non-hydrogen) atoms. The van der Waals surface area contributed by atoms with Crippen molar-refractivity contribution in [3.05, 3.63) is 23.1 Å². The normalized spacial score (nSPS) is 15.9. The quantitative estimate of drug-likeness (QED) is 0.486. The molecule has 1 aliphatic rings. The van der Waals surface area contributed by atoms with Crippen molar-refractivity contribution in [3.8, 4) is 17.0 Å². The predicted molar refractivity (Wildman–Crippen MR) is 93.6 cm³/mol. The van der Waals surface area contributed by atoms with E-state index in [2.05, 4.69) is 40.9 Å². The number of carbonyl (C=O) groups is 1. The van der Waals surface area contributed by atoms with E-state index in [4.69, 9.17) is 9.47 Å². The third-order valence-electron chi connectivity index (χ3n) is 3.34. The summed E-state index contributed by atoms with van der Waals surface area (Å²) in [6.45, 7) is 8.05. The summed E-state index contributed by atoms with van der Waals surface area (Å²) in [5.41, 5.74) is 0. The van der Waals surface area contributed by atoms with Crippen LogP contribution in [0.3, 0.4) is 0 Å². The summed E-state index contributed by atoms with van der Waals surface area (Å²) in [7, 11) is 0. The van der Waals surface area contributed by atoms with E-state index in [0.717, 1.165) is 18.7 Å². The van der Waals surface area contributed by atoms with Gasteiger partial charge in [-0.3, -0.25) is 9.69 Å². The lowest BCUT2D eigenvalue weighted by atomic mass is 10.3. The van der Waals surface area contributed by atoms with Crippen molar-refractivity contribution >= 4 is 17.2 Å². The van der Waals surface area contributed by atoms with E-state index in [1.807, 2.05) is 6.92 Å². The van der Waals surface area contributed by atoms with E-state index >= 15 is 0 Å². The maximum atomic E-state index is 12.0. The van der Waals surface area contributed by atoms with Gasteiger partial charge >= 0.3 is 0 Å². The molecule has 130 valence electrons. The van der Waals surface area contributed by atoms with Crippen molar-refractivity contribution in [2.75, 3.05) is 19.8 Å². The lowest BCUT2D eigenvalue weighted by Crippen LogP contribution is -2.27. The van der Waals surface area contributed by atoms with Gasteiger partial charge in [-0.05, 0) is 13.8 Å². The van der Waals surface area contributed by atoms with Crippen LogP contribution in [-0.2, 0) is 4.74 Å². The van der Waals surface area contributed by atoms with E-state index in [0.29, 0.717) is 35.8 Å². The van der Waals surface area contributed by atoms with Gasteiger partial charge in [0.1, 0.15) is 23.6 Å². The number of rotatable bonds is 6. The Morgan fingerprint density at radius 2 is 2.42 bits per heavy atom. The summed E-state index contributed by atoms with van der Waals surface area (Å²) < 4.78 is 11.0. The Kier molecular flexibility index (Phi) is 7.09. The van der Waals surface area contributed by atoms with E-state index < -0.39 is 0 Å². The van der Waals surface area contributed by atoms with Crippen molar-refractivity contribution < 1.29 is 14.3 Å². The Hall–Kier alpha value is -2.04. The summed E-state index contributed by atoms with van der Waals surface area (Å²) in [6.07, 6.45) is 4.56. The Bertz CT molecular complexity index is 643. The molecule has 0 aromatic carbocycles. The number of carbonyl (C=O) groups excluding carboxylic acids is 1. The van der Waals surface area contributed by atoms with Crippen LogP contribution in [0.25, 0.3) is 0 Å². The largest absolute Gasteiger partial charge is 0.478 e. The Morgan fingerprint density at radius 1 is 1.58 bits per heavy atom. The zero-order valence-electron chi connectivity index (χ0n) is 14.3. The van der Waals surface area contributed by atoms with Gasteiger partial charge in [-0.1, -0.05) is 18.3 Å². The van der Waals surface area contributed by atoms with Gasteiger partial charge in [-0.2, -0.15) is 0 Å². The predicted octanol–water partition coefficient (Wildman–Crippen LogP) is 2.59. The number of hydrogen-bond donors (Lipinski definition) is 1. The smallest absolute Gasteiger partial charge is 0.278 e. The third kappa shape index (κ3) is 5.55. The topological polar surface area (TPSA) is 63.7 Å².